The van der Waals surface area contributed by atoms with Gasteiger partial charge in [-0.15, -0.1) is 16.4 Å². The zero-order valence-electron chi connectivity index (χ0n) is 15.5. The first-order chi connectivity index (χ1) is 14.2. The summed E-state index contributed by atoms with van der Waals surface area (Å²) in [6.45, 7) is 2.04. The fraction of sp³-hybridized carbons (Fsp3) is 0.222. The lowest BCUT2D eigenvalue weighted by molar-refractivity contribution is -0.116. The number of hydrogen-bond acceptors (Lipinski definition) is 9. The molecule has 0 aliphatic rings. The number of anilines is 1. The number of carbonyl (C=O) groups excluding carboxylic acids is 1. The molecule has 0 saturated carbocycles. The van der Waals surface area contributed by atoms with Crippen LogP contribution in [0.25, 0.3) is 11.4 Å². The van der Waals surface area contributed by atoms with Crippen molar-refractivity contribution in [2.75, 3.05) is 5.32 Å². The van der Waals surface area contributed by atoms with Gasteiger partial charge in [-0.3, -0.25) is 9.89 Å². The Morgan fingerprint density at radius 3 is 2.93 bits per heavy atom. The number of hydrogen-bond donors (Lipinski definition) is 2. The predicted molar refractivity (Wildman–Crippen MR) is 109 cm³/mol. The van der Waals surface area contributed by atoms with Crippen molar-refractivity contribution in [3.05, 3.63) is 53.1 Å². The quantitative estimate of drug-likeness (QED) is 0.410. The molecule has 0 aliphatic carbocycles. The number of H-pyrrole nitrogens is 1. The molecule has 4 rings (SSSR count). The van der Waals surface area contributed by atoms with Crippen LogP contribution < -0.4 is 5.32 Å². The van der Waals surface area contributed by atoms with Crippen LogP contribution in [0.3, 0.4) is 0 Å². The highest BCUT2D eigenvalue weighted by molar-refractivity contribution is 7.98. The summed E-state index contributed by atoms with van der Waals surface area (Å²) in [4.78, 5) is 24.7. The van der Waals surface area contributed by atoms with Crippen LogP contribution in [-0.4, -0.2) is 36.2 Å². The molecule has 9 nitrogen and oxygen atoms in total. The largest absolute Gasteiger partial charge is 0.339 e. The predicted octanol–water partition coefficient (Wildman–Crippen LogP) is 3.48. The van der Waals surface area contributed by atoms with Crippen LogP contribution >= 0.6 is 23.1 Å². The van der Waals surface area contributed by atoms with Crippen molar-refractivity contribution >= 4 is 34.1 Å². The molecule has 0 fully saturated rings. The topological polar surface area (TPSA) is 122 Å². The first-order valence-electron chi connectivity index (χ1n) is 8.79. The van der Waals surface area contributed by atoms with Gasteiger partial charge in [-0.25, -0.2) is 9.97 Å². The van der Waals surface area contributed by atoms with Crippen LogP contribution in [0.5, 0.6) is 0 Å². The van der Waals surface area contributed by atoms with E-state index in [1.54, 1.807) is 11.6 Å². The van der Waals surface area contributed by atoms with Crippen molar-refractivity contribution in [1.29, 1.82) is 0 Å². The van der Waals surface area contributed by atoms with Crippen LogP contribution in [0.1, 0.15) is 23.7 Å². The lowest BCUT2D eigenvalue weighted by Crippen LogP contribution is -2.12. The highest BCUT2D eigenvalue weighted by Gasteiger charge is 2.12. The van der Waals surface area contributed by atoms with Crippen LogP contribution in [-0.2, 0) is 17.0 Å². The van der Waals surface area contributed by atoms with Crippen LogP contribution in [0.2, 0.25) is 0 Å². The Kier molecular flexibility index (Phi) is 5.96. The van der Waals surface area contributed by atoms with Gasteiger partial charge < -0.3 is 9.84 Å². The van der Waals surface area contributed by atoms with Gasteiger partial charge in [-0.2, -0.15) is 4.98 Å². The third kappa shape index (κ3) is 5.27. The molecule has 11 heteroatoms. The standard InChI is InChI=1S/C18H17N7O2S2/c1-11-2-4-12(5-3-11)16-22-18(24-23-16)29-10-13-20-15(27-25-13)7-6-14(26)21-17-19-8-9-28-17/h2-5,8-9H,6-7,10H2,1H3,(H,19,21,26)(H,22,23,24). The Morgan fingerprint density at radius 1 is 1.28 bits per heavy atom. The molecule has 148 valence electrons. The van der Waals surface area contributed by atoms with Gasteiger partial charge in [0.25, 0.3) is 0 Å². The molecule has 3 heterocycles. The zero-order chi connectivity index (χ0) is 20.1. The number of aromatic amines is 1. The summed E-state index contributed by atoms with van der Waals surface area (Å²) < 4.78 is 5.21. The summed E-state index contributed by atoms with van der Waals surface area (Å²) in [6, 6.07) is 8.06. The molecule has 0 saturated heterocycles. The molecule has 29 heavy (non-hydrogen) atoms. The van der Waals surface area contributed by atoms with Crippen LogP contribution in [0, 0.1) is 6.92 Å². The van der Waals surface area contributed by atoms with Crippen molar-refractivity contribution in [3.8, 4) is 11.4 Å². The Morgan fingerprint density at radius 2 is 2.14 bits per heavy atom. The molecule has 0 atom stereocenters. The van der Waals surface area contributed by atoms with E-state index in [0.29, 0.717) is 40.0 Å². The van der Waals surface area contributed by atoms with Gasteiger partial charge in [-0.1, -0.05) is 46.7 Å². The molecule has 0 spiro atoms. The van der Waals surface area contributed by atoms with Gasteiger partial charge in [0.1, 0.15) is 0 Å². The second-order valence-electron chi connectivity index (χ2n) is 6.11. The van der Waals surface area contributed by atoms with E-state index in [1.807, 2.05) is 31.2 Å². The fourth-order valence-corrected chi connectivity index (χ4v) is 3.60. The molecule has 0 unspecified atom stereocenters. The molecule has 4 aromatic rings. The smallest absolute Gasteiger partial charge is 0.227 e. The lowest BCUT2D eigenvalue weighted by atomic mass is 10.1. The molecule has 0 aliphatic heterocycles. The molecular weight excluding hydrogens is 410 g/mol. The number of thiazole rings is 1. The SMILES string of the molecule is Cc1ccc(-c2nc(SCc3noc(CCC(=O)Nc4nccs4)n3)n[nH]2)cc1. The number of amides is 1. The molecule has 3 aromatic heterocycles. The van der Waals surface area contributed by atoms with E-state index >= 15 is 0 Å². The van der Waals surface area contributed by atoms with E-state index < -0.39 is 0 Å². The van der Waals surface area contributed by atoms with E-state index in [4.69, 9.17) is 4.52 Å². The van der Waals surface area contributed by atoms with Gasteiger partial charge in [0.2, 0.25) is 17.0 Å². The molecule has 1 amide bonds. The average Bonchev–Trinajstić information content (AvgIpc) is 3.47. The van der Waals surface area contributed by atoms with E-state index in [0.717, 1.165) is 5.56 Å². The molecule has 0 bridgehead atoms. The Bertz CT molecular complexity index is 1070. The number of thioether (sulfide) groups is 1. The minimum atomic E-state index is -0.140. The maximum Gasteiger partial charge on any atom is 0.227 e. The minimum absolute atomic E-state index is 0.140. The van der Waals surface area contributed by atoms with Gasteiger partial charge in [0, 0.05) is 30.0 Å². The number of carbonyl (C=O) groups is 1. The van der Waals surface area contributed by atoms with E-state index in [9.17, 15) is 4.79 Å². The Labute approximate surface area is 174 Å². The van der Waals surface area contributed by atoms with E-state index in [-0.39, 0.29) is 12.3 Å². The summed E-state index contributed by atoms with van der Waals surface area (Å²) in [6.07, 6.45) is 2.25. The van der Waals surface area contributed by atoms with Gasteiger partial charge in [0.05, 0.1) is 5.75 Å². The monoisotopic (exact) mass is 427 g/mol. The highest BCUT2D eigenvalue weighted by atomic mass is 32.2. The van der Waals surface area contributed by atoms with Crippen molar-refractivity contribution < 1.29 is 9.32 Å². The molecule has 2 N–H and O–H groups in total. The van der Waals surface area contributed by atoms with Crippen LogP contribution in [0.4, 0.5) is 5.13 Å². The van der Waals surface area contributed by atoms with Crippen molar-refractivity contribution in [3.63, 3.8) is 0 Å². The second-order valence-corrected chi connectivity index (χ2v) is 7.95. The summed E-state index contributed by atoms with van der Waals surface area (Å²) in [5.41, 5.74) is 2.17. The Hall–Kier alpha value is -3.05. The number of benzene rings is 1. The maximum atomic E-state index is 11.9. The average molecular weight is 428 g/mol. The fourth-order valence-electron chi connectivity index (χ4n) is 2.42. The van der Waals surface area contributed by atoms with Crippen molar-refractivity contribution in [2.24, 2.45) is 0 Å². The van der Waals surface area contributed by atoms with Gasteiger partial charge in [-0.05, 0) is 6.92 Å². The molecular formula is C18H17N7O2S2. The normalized spacial score (nSPS) is 10.9. The van der Waals surface area contributed by atoms with Crippen molar-refractivity contribution in [2.45, 2.75) is 30.7 Å². The maximum absolute atomic E-state index is 11.9. The van der Waals surface area contributed by atoms with Crippen LogP contribution in [0.15, 0.2) is 45.5 Å². The molecule has 1 aromatic carbocycles. The van der Waals surface area contributed by atoms with E-state index in [1.165, 1.54) is 28.7 Å². The molecule has 0 radical (unpaired) electrons. The Balaban J connectivity index is 1.26. The number of nitrogens with zero attached hydrogens (tertiary/aromatic N) is 5. The first kappa shape index (κ1) is 19.3. The summed E-state index contributed by atoms with van der Waals surface area (Å²) in [7, 11) is 0. The lowest BCUT2D eigenvalue weighted by Gasteiger charge is -1.98. The second kappa shape index (κ2) is 8.97. The van der Waals surface area contributed by atoms with Gasteiger partial charge >= 0.3 is 0 Å². The number of aryl methyl sites for hydroxylation is 2. The van der Waals surface area contributed by atoms with Crippen molar-refractivity contribution in [1.82, 2.24) is 30.3 Å². The number of rotatable bonds is 8. The summed E-state index contributed by atoms with van der Waals surface area (Å²) in [5.74, 6) is 2.00. The summed E-state index contributed by atoms with van der Waals surface area (Å²) >= 11 is 2.78. The third-order valence-electron chi connectivity index (χ3n) is 3.88. The number of nitrogens with one attached hydrogen (secondary N) is 2. The third-order valence-corrected chi connectivity index (χ3v) is 5.41. The van der Waals surface area contributed by atoms with Gasteiger partial charge in [0.15, 0.2) is 16.8 Å². The highest BCUT2D eigenvalue weighted by Crippen LogP contribution is 2.22. The first-order valence-corrected chi connectivity index (χ1v) is 10.7. The van der Waals surface area contributed by atoms with E-state index in [2.05, 4.69) is 35.6 Å². The minimum Gasteiger partial charge on any atom is -0.339 e. The summed E-state index contributed by atoms with van der Waals surface area (Å²) in [5, 5.41) is 16.8. The zero-order valence-corrected chi connectivity index (χ0v) is 17.1. The number of aromatic nitrogens is 6.